The molecule has 1 aromatic heterocycles. The molecule has 1 saturated heterocycles. The van der Waals surface area contributed by atoms with Crippen LogP contribution in [-0.2, 0) is 4.79 Å². The lowest BCUT2D eigenvalue weighted by Gasteiger charge is -2.16. The van der Waals surface area contributed by atoms with E-state index in [1.807, 2.05) is 25.1 Å². The van der Waals surface area contributed by atoms with Gasteiger partial charge in [0.2, 0.25) is 0 Å². The lowest BCUT2D eigenvalue weighted by molar-refractivity contribution is -0.141. The number of benzene rings is 1. The first-order chi connectivity index (χ1) is 12.5. The van der Waals surface area contributed by atoms with E-state index in [1.54, 1.807) is 15.8 Å². The average Bonchev–Trinajstić information content (AvgIpc) is 3.16. The Morgan fingerprint density at radius 1 is 1.27 bits per heavy atom. The normalized spacial score (nSPS) is 19.8. The van der Waals surface area contributed by atoms with Gasteiger partial charge >= 0.3 is 5.97 Å². The Balaban J connectivity index is 1.67. The van der Waals surface area contributed by atoms with Gasteiger partial charge in [0.15, 0.2) is 0 Å². The van der Waals surface area contributed by atoms with E-state index in [0.717, 1.165) is 29.8 Å². The Kier molecular flexibility index (Phi) is 4.23. The molecule has 2 heterocycles. The molecule has 1 saturated carbocycles. The molecule has 0 bridgehead atoms. The van der Waals surface area contributed by atoms with Gasteiger partial charge in [0.25, 0.3) is 5.91 Å². The Bertz CT molecular complexity index is 888. The van der Waals surface area contributed by atoms with Crippen molar-refractivity contribution in [3.63, 3.8) is 0 Å². The van der Waals surface area contributed by atoms with Gasteiger partial charge in [-0.1, -0.05) is 17.7 Å². The number of hydrogen-bond acceptors (Lipinski definition) is 3. The minimum absolute atomic E-state index is 0.125. The molecule has 1 aromatic carbocycles. The first-order valence-corrected chi connectivity index (χ1v) is 9.20. The lowest BCUT2D eigenvalue weighted by Crippen LogP contribution is -2.30. The van der Waals surface area contributed by atoms with Crippen LogP contribution in [0.2, 0.25) is 5.02 Å². The molecule has 2 fully saturated rings. The van der Waals surface area contributed by atoms with Gasteiger partial charge in [-0.25, -0.2) is 4.68 Å². The van der Waals surface area contributed by atoms with Gasteiger partial charge in [0.05, 0.1) is 29.1 Å². The topological polar surface area (TPSA) is 75.4 Å². The molecule has 0 spiro atoms. The SMILES string of the molecule is Cc1ccc(-n2ncc(C(=O)N3CC[C@@H](C(=O)O)C3)c2C2CC2)cc1Cl. The maximum Gasteiger partial charge on any atom is 0.308 e. The molecule has 6 nitrogen and oxygen atoms in total. The van der Waals surface area contributed by atoms with Crippen LogP contribution in [0.1, 0.15) is 46.8 Å². The summed E-state index contributed by atoms with van der Waals surface area (Å²) in [4.78, 5) is 25.8. The van der Waals surface area contributed by atoms with E-state index in [9.17, 15) is 14.7 Å². The first kappa shape index (κ1) is 17.1. The molecule has 4 rings (SSSR count). The zero-order valence-electron chi connectivity index (χ0n) is 14.5. The Hall–Kier alpha value is -2.34. The van der Waals surface area contributed by atoms with Crippen molar-refractivity contribution < 1.29 is 14.7 Å². The highest BCUT2D eigenvalue weighted by molar-refractivity contribution is 6.31. The first-order valence-electron chi connectivity index (χ1n) is 8.82. The van der Waals surface area contributed by atoms with Crippen LogP contribution in [0.5, 0.6) is 0 Å². The van der Waals surface area contributed by atoms with Crippen LogP contribution < -0.4 is 0 Å². The summed E-state index contributed by atoms with van der Waals surface area (Å²) >= 11 is 6.26. The summed E-state index contributed by atoms with van der Waals surface area (Å²) in [5.74, 6) is -1.13. The largest absolute Gasteiger partial charge is 0.481 e. The van der Waals surface area contributed by atoms with Gasteiger partial charge in [-0.15, -0.1) is 0 Å². The number of likely N-dealkylation sites (tertiary alicyclic amines) is 1. The monoisotopic (exact) mass is 373 g/mol. The number of carbonyl (C=O) groups is 2. The fourth-order valence-corrected chi connectivity index (χ4v) is 3.68. The zero-order valence-corrected chi connectivity index (χ0v) is 15.2. The smallest absolute Gasteiger partial charge is 0.308 e. The molecule has 1 atom stereocenters. The number of halogens is 1. The van der Waals surface area contributed by atoms with Crippen molar-refractivity contribution in [3.8, 4) is 5.69 Å². The second-order valence-corrected chi connectivity index (χ2v) is 7.55. The number of aliphatic carboxylic acids is 1. The Morgan fingerprint density at radius 3 is 2.65 bits per heavy atom. The molecule has 136 valence electrons. The van der Waals surface area contributed by atoms with Gasteiger partial charge in [-0.05, 0) is 43.9 Å². The molecular formula is C19H20ClN3O3. The molecule has 7 heteroatoms. The fourth-order valence-electron chi connectivity index (χ4n) is 3.51. The van der Waals surface area contributed by atoms with Crippen molar-refractivity contribution in [2.24, 2.45) is 5.92 Å². The summed E-state index contributed by atoms with van der Waals surface area (Å²) in [6.07, 6.45) is 4.17. The molecule has 1 aliphatic carbocycles. The Morgan fingerprint density at radius 2 is 2.04 bits per heavy atom. The third-order valence-corrected chi connectivity index (χ3v) is 5.63. The van der Waals surface area contributed by atoms with Gasteiger partial charge in [-0.3, -0.25) is 9.59 Å². The minimum Gasteiger partial charge on any atom is -0.481 e. The van der Waals surface area contributed by atoms with Crippen LogP contribution in [0.25, 0.3) is 5.69 Å². The number of aromatic nitrogens is 2. The molecule has 26 heavy (non-hydrogen) atoms. The standard InChI is InChI=1S/C19H20ClN3O3/c1-11-2-5-14(8-16(11)20)23-17(12-3-4-12)15(9-21-23)18(24)22-7-6-13(10-22)19(25)26/h2,5,8-9,12-13H,3-4,6-7,10H2,1H3,(H,25,26)/t13-/m1/s1. The number of carbonyl (C=O) groups excluding carboxylic acids is 1. The quantitative estimate of drug-likeness (QED) is 0.892. The van der Waals surface area contributed by atoms with Gasteiger partial charge in [-0.2, -0.15) is 5.10 Å². The van der Waals surface area contributed by atoms with Crippen molar-refractivity contribution in [3.05, 3.63) is 46.2 Å². The molecule has 1 aliphatic heterocycles. The number of rotatable bonds is 4. The van der Waals surface area contributed by atoms with Crippen molar-refractivity contribution in [2.45, 2.75) is 32.1 Å². The van der Waals surface area contributed by atoms with Crippen molar-refractivity contribution in [2.75, 3.05) is 13.1 Å². The molecular weight excluding hydrogens is 354 g/mol. The molecule has 2 aliphatic rings. The van der Waals surface area contributed by atoms with Gasteiger partial charge in [0, 0.05) is 24.0 Å². The average molecular weight is 374 g/mol. The highest BCUT2D eigenvalue weighted by Crippen LogP contribution is 2.43. The van der Waals surface area contributed by atoms with Crippen LogP contribution in [0.15, 0.2) is 24.4 Å². The number of aryl methyl sites for hydroxylation is 1. The van der Waals surface area contributed by atoms with Crippen LogP contribution in [0.4, 0.5) is 0 Å². The summed E-state index contributed by atoms with van der Waals surface area (Å²) in [6.45, 7) is 2.68. The molecule has 2 aromatic rings. The van der Waals surface area contributed by atoms with E-state index < -0.39 is 11.9 Å². The van der Waals surface area contributed by atoms with Gasteiger partial charge < -0.3 is 10.0 Å². The van der Waals surface area contributed by atoms with E-state index >= 15 is 0 Å². The lowest BCUT2D eigenvalue weighted by atomic mass is 10.1. The maximum absolute atomic E-state index is 13.0. The third-order valence-electron chi connectivity index (χ3n) is 5.23. The van der Waals surface area contributed by atoms with Crippen LogP contribution >= 0.6 is 11.6 Å². The predicted octanol–water partition coefficient (Wildman–Crippen LogP) is 3.26. The number of carboxylic acid groups (broad SMARTS) is 1. The van der Waals surface area contributed by atoms with E-state index in [0.29, 0.717) is 29.5 Å². The maximum atomic E-state index is 13.0. The van der Waals surface area contributed by atoms with Crippen LogP contribution in [-0.4, -0.2) is 44.8 Å². The summed E-state index contributed by atoms with van der Waals surface area (Å²) in [5.41, 5.74) is 3.32. The van der Waals surface area contributed by atoms with Crippen LogP contribution in [0, 0.1) is 12.8 Å². The second kappa shape index (κ2) is 6.43. The van der Waals surface area contributed by atoms with Crippen molar-refractivity contribution in [1.82, 2.24) is 14.7 Å². The summed E-state index contributed by atoms with van der Waals surface area (Å²) in [6, 6.07) is 5.75. The second-order valence-electron chi connectivity index (χ2n) is 7.14. The summed E-state index contributed by atoms with van der Waals surface area (Å²) in [7, 11) is 0. The Labute approximate surface area is 156 Å². The van der Waals surface area contributed by atoms with E-state index in [2.05, 4.69) is 5.10 Å². The van der Waals surface area contributed by atoms with Crippen molar-refractivity contribution in [1.29, 1.82) is 0 Å². The summed E-state index contributed by atoms with van der Waals surface area (Å²) in [5, 5.41) is 14.3. The van der Waals surface area contributed by atoms with E-state index in [-0.39, 0.29) is 12.5 Å². The van der Waals surface area contributed by atoms with Crippen molar-refractivity contribution >= 4 is 23.5 Å². The van der Waals surface area contributed by atoms with Gasteiger partial charge in [0.1, 0.15) is 0 Å². The highest BCUT2D eigenvalue weighted by atomic mass is 35.5. The number of hydrogen-bond donors (Lipinski definition) is 1. The highest BCUT2D eigenvalue weighted by Gasteiger charge is 2.37. The summed E-state index contributed by atoms with van der Waals surface area (Å²) < 4.78 is 1.81. The zero-order chi connectivity index (χ0) is 18.4. The molecule has 1 amide bonds. The van der Waals surface area contributed by atoms with Crippen LogP contribution in [0.3, 0.4) is 0 Å². The number of carboxylic acids is 1. The fraction of sp³-hybridized carbons (Fsp3) is 0.421. The number of nitrogens with zero attached hydrogens (tertiary/aromatic N) is 3. The predicted molar refractivity (Wildman–Crippen MR) is 96.9 cm³/mol. The molecule has 1 N–H and O–H groups in total. The third kappa shape index (κ3) is 2.98. The molecule has 0 unspecified atom stereocenters. The number of amides is 1. The molecule has 0 radical (unpaired) electrons. The van der Waals surface area contributed by atoms with E-state index in [4.69, 9.17) is 11.6 Å². The minimum atomic E-state index is -0.840. The van der Waals surface area contributed by atoms with E-state index in [1.165, 1.54) is 0 Å².